The monoisotopic (exact) mass is 401 g/mol. The molecule has 0 fully saturated rings. The predicted molar refractivity (Wildman–Crippen MR) is 112 cm³/mol. The van der Waals surface area contributed by atoms with Gasteiger partial charge in [0.05, 0.1) is 7.11 Å². The maximum absolute atomic E-state index is 12.5. The van der Waals surface area contributed by atoms with E-state index in [2.05, 4.69) is 0 Å². The molecule has 0 spiro atoms. The van der Waals surface area contributed by atoms with Gasteiger partial charge in [-0.25, -0.2) is 4.79 Å². The normalized spacial score (nSPS) is 10.5. The molecule has 3 rings (SSSR count). The van der Waals surface area contributed by atoms with E-state index in [0.29, 0.717) is 22.6 Å². The first-order valence-corrected chi connectivity index (χ1v) is 9.16. The summed E-state index contributed by atoms with van der Waals surface area (Å²) in [6, 6.07) is 19.9. The summed E-state index contributed by atoms with van der Waals surface area (Å²) in [5.41, 5.74) is 1.19. The van der Waals surface area contributed by atoms with Gasteiger partial charge < -0.3 is 14.2 Å². The largest absolute Gasteiger partial charge is 0.493 e. The molecule has 0 aromatic heterocycles. The number of ether oxygens (including phenoxy) is 3. The number of carbonyl (C=O) groups excluding carboxylic acids is 2. The molecule has 0 radical (unpaired) electrons. The lowest BCUT2D eigenvalue weighted by Crippen LogP contribution is -2.12. The molecule has 0 amide bonds. The van der Waals surface area contributed by atoms with Crippen molar-refractivity contribution in [3.05, 3.63) is 77.9 Å². The third kappa shape index (κ3) is 5.03. The molecule has 0 bridgehead atoms. The second-order valence-electron chi connectivity index (χ2n) is 6.25. The molecule has 0 heterocycles. The van der Waals surface area contributed by atoms with Crippen molar-refractivity contribution in [3.8, 4) is 17.6 Å². The van der Waals surface area contributed by atoms with E-state index in [9.17, 15) is 9.59 Å². The van der Waals surface area contributed by atoms with Crippen LogP contribution in [0.25, 0.3) is 16.8 Å². The molecule has 6 heteroatoms. The van der Waals surface area contributed by atoms with E-state index < -0.39 is 5.97 Å². The van der Waals surface area contributed by atoms with E-state index in [-0.39, 0.29) is 19.0 Å². The van der Waals surface area contributed by atoms with Crippen molar-refractivity contribution in [2.75, 3.05) is 20.3 Å². The van der Waals surface area contributed by atoms with Crippen LogP contribution in [-0.4, -0.2) is 32.1 Å². The molecule has 6 nitrogen and oxygen atoms in total. The standard InChI is InChI=1S/C24H19NO5/c1-28-23-15-17(9-11-22(23)29-14-13-25)10-12-24(27)30-16-21(26)20-8-4-6-18-5-2-3-7-19(18)20/h2-12,15H,14,16H2,1H3. The highest BCUT2D eigenvalue weighted by molar-refractivity contribution is 6.09. The maximum Gasteiger partial charge on any atom is 0.331 e. The Balaban J connectivity index is 1.62. The second kappa shape index (κ2) is 9.89. The van der Waals surface area contributed by atoms with Gasteiger partial charge in [-0.3, -0.25) is 4.79 Å². The molecule has 3 aromatic rings. The van der Waals surface area contributed by atoms with Gasteiger partial charge in [0.15, 0.2) is 24.7 Å². The van der Waals surface area contributed by atoms with Crippen LogP contribution in [0, 0.1) is 11.3 Å². The number of nitrogens with zero attached hydrogens (tertiary/aromatic N) is 1. The number of nitriles is 1. The highest BCUT2D eigenvalue weighted by Gasteiger charge is 2.12. The van der Waals surface area contributed by atoms with Crippen LogP contribution in [-0.2, 0) is 9.53 Å². The van der Waals surface area contributed by atoms with Gasteiger partial charge in [0.2, 0.25) is 5.78 Å². The fourth-order valence-corrected chi connectivity index (χ4v) is 2.91. The van der Waals surface area contributed by atoms with Crippen LogP contribution in [0.1, 0.15) is 15.9 Å². The molecular formula is C24H19NO5. The van der Waals surface area contributed by atoms with E-state index in [1.54, 1.807) is 36.4 Å². The van der Waals surface area contributed by atoms with Gasteiger partial charge in [-0.15, -0.1) is 0 Å². The molecule has 0 saturated heterocycles. The summed E-state index contributed by atoms with van der Waals surface area (Å²) in [6.45, 7) is -0.440. The van der Waals surface area contributed by atoms with Crippen molar-refractivity contribution in [1.82, 2.24) is 0 Å². The van der Waals surface area contributed by atoms with Crippen molar-refractivity contribution in [2.45, 2.75) is 0 Å². The number of hydrogen-bond donors (Lipinski definition) is 0. The van der Waals surface area contributed by atoms with Crippen LogP contribution >= 0.6 is 0 Å². The van der Waals surface area contributed by atoms with Crippen LogP contribution in [0.3, 0.4) is 0 Å². The third-order valence-corrected chi connectivity index (χ3v) is 4.33. The summed E-state index contributed by atoms with van der Waals surface area (Å²) in [6.07, 6.45) is 2.78. The average Bonchev–Trinajstić information content (AvgIpc) is 2.79. The second-order valence-corrected chi connectivity index (χ2v) is 6.25. The number of ketones is 1. The summed E-state index contributed by atoms with van der Waals surface area (Å²) in [5.74, 6) is -0.0343. The van der Waals surface area contributed by atoms with Crippen LogP contribution < -0.4 is 9.47 Å². The fourth-order valence-electron chi connectivity index (χ4n) is 2.91. The molecule has 30 heavy (non-hydrogen) atoms. The molecule has 150 valence electrons. The zero-order valence-electron chi connectivity index (χ0n) is 16.3. The molecular weight excluding hydrogens is 382 g/mol. The van der Waals surface area contributed by atoms with Crippen molar-refractivity contribution in [1.29, 1.82) is 5.26 Å². The Kier molecular flexibility index (Phi) is 6.80. The Morgan fingerprint density at radius 1 is 1.03 bits per heavy atom. The third-order valence-electron chi connectivity index (χ3n) is 4.33. The molecule has 0 atom stereocenters. The Hall–Kier alpha value is -4.11. The zero-order chi connectivity index (χ0) is 21.3. The Morgan fingerprint density at radius 2 is 1.83 bits per heavy atom. The van der Waals surface area contributed by atoms with Gasteiger partial charge in [0, 0.05) is 11.6 Å². The Morgan fingerprint density at radius 3 is 2.63 bits per heavy atom. The number of rotatable bonds is 8. The molecule has 0 N–H and O–H groups in total. The molecule has 0 saturated carbocycles. The minimum Gasteiger partial charge on any atom is -0.493 e. The number of Topliss-reactive ketones (excluding diaryl/α,β-unsaturated/α-hetero) is 1. The fraction of sp³-hybridized carbons (Fsp3) is 0.125. The van der Waals surface area contributed by atoms with E-state index >= 15 is 0 Å². The summed E-state index contributed by atoms with van der Waals surface area (Å²) in [4.78, 5) is 24.5. The molecule has 0 aliphatic heterocycles. The first kappa shape index (κ1) is 20.6. The number of methoxy groups -OCH3 is 1. The number of esters is 1. The average molecular weight is 401 g/mol. The van der Waals surface area contributed by atoms with E-state index in [4.69, 9.17) is 19.5 Å². The van der Waals surface area contributed by atoms with E-state index in [1.165, 1.54) is 13.2 Å². The lowest BCUT2D eigenvalue weighted by atomic mass is 10.0. The van der Waals surface area contributed by atoms with E-state index in [1.807, 2.05) is 36.4 Å². The predicted octanol–water partition coefficient (Wildman–Crippen LogP) is 4.19. The van der Waals surface area contributed by atoms with Crippen molar-refractivity contribution >= 4 is 28.6 Å². The SMILES string of the molecule is COc1cc(C=CC(=O)OCC(=O)c2cccc3ccccc23)ccc1OCC#N. The van der Waals surface area contributed by atoms with Gasteiger partial charge in [-0.2, -0.15) is 5.26 Å². The molecule has 3 aromatic carbocycles. The van der Waals surface area contributed by atoms with Gasteiger partial charge in [0.1, 0.15) is 6.07 Å². The lowest BCUT2D eigenvalue weighted by Gasteiger charge is -2.08. The van der Waals surface area contributed by atoms with Gasteiger partial charge in [-0.1, -0.05) is 48.5 Å². The van der Waals surface area contributed by atoms with Crippen molar-refractivity contribution in [2.24, 2.45) is 0 Å². The van der Waals surface area contributed by atoms with Crippen LogP contribution in [0.2, 0.25) is 0 Å². The first-order valence-electron chi connectivity index (χ1n) is 9.16. The number of carbonyl (C=O) groups is 2. The highest BCUT2D eigenvalue weighted by Crippen LogP contribution is 2.28. The quantitative estimate of drug-likeness (QED) is 0.320. The number of benzene rings is 3. The summed E-state index contributed by atoms with van der Waals surface area (Å²) in [5, 5.41) is 10.4. The molecule has 0 aliphatic carbocycles. The minimum absolute atomic E-state index is 0.0946. The lowest BCUT2D eigenvalue weighted by molar-refractivity contribution is -0.136. The summed E-state index contributed by atoms with van der Waals surface area (Å²) >= 11 is 0. The van der Waals surface area contributed by atoms with Gasteiger partial charge in [-0.05, 0) is 34.5 Å². The number of hydrogen-bond acceptors (Lipinski definition) is 6. The number of fused-ring (bicyclic) bond motifs is 1. The molecule has 0 aliphatic rings. The maximum atomic E-state index is 12.5. The first-order chi connectivity index (χ1) is 14.6. The summed E-state index contributed by atoms with van der Waals surface area (Å²) in [7, 11) is 1.48. The summed E-state index contributed by atoms with van der Waals surface area (Å²) < 4.78 is 15.6. The van der Waals surface area contributed by atoms with Crippen LogP contribution in [0.5, 0.6) is 11.5 Å². The highest BCUT2D eigenvalue weighted by atomic mass is 16.5. The topological polar surface area (TPSA) is 85.6 Å². The molecule has 0 unspecified atom stereocenters. The van der Waals surface area contributed by atoms with Crippen molar-refractivity contribution in [3.63, 3.8) is 0 Å². The van der Waals surface area contributed by atoms with Crippen LogP contribution in [0.15, 0.2) is 66.7 Å². The smallest absolute Gasteiger partial charge is 0.331 e. The Bertz CT molecular complexity index is 1140. The van der Waals surface area contributed by atoms with Crippen LogP contribution in [0.4, 0.5) is 0 Å². The van der Waals surface area contributed by atoms with Crippen molar-refractivity contribution < 1.29 is 23.8 Å². The Labute approximate surface area is 173 Å². The zero-order valence-corrected chi connectivity index (χ0v) is 16.3. The van der Waals surface area contributed by atoms with E-state index in [0.717, 1.165) is 10.8 Å². The minimum atomic E-state index is -0.632. The van der Waals surface area contributed by atoms with Gasteiger partial charge >= 0.3 is 5.97 Å². The van der Waals surface area contributed by atoms with Gasteiger partial charge in [0.25, 0.3) is 0 Å².